The first kappa shape index (κ1) is 13.1. The third-order valence-electron chi connectivity index (χ3n) is 7.31. The molecule has 0 radical (unpaired) electrons. The van der Waals surface area contributed by atoms with Gasteiger partial charge >= 0.3 is 0 Å². The zero-order chi connectivity index (χ0) is 15.1. The van der Waals surface area contributed by atoms with Crippen LogP contribution < -0.4 is 4.74 Å². The molecular weight excluding hydrogens is 276 g/mol. The fourth-order valence-corrected chi connectivity index (χ4v) is 6.78. The van der Waals surface area contributed by atoms with Gasteiger partial charge in [-0.3, -0.25) is 4.79 Å². The molecule has 3 saturated carbocycles. The Morgan fingerprint density at radius 3 is 2.82 bits per heavy atom. The molecule has 3 nitrogen and oxygen atoms in total. The zero-order valence-electron chi connectivity index (χ0n) is 13.0. The Kier molecular flexibility index (Phi) is 2.35. The molecule has 0 unspecified atom stereocenters. The second-order valence-electron chi connectivity index (χ2n) is 7.65. The topological polar surface area (TPSA) is 46.5 Å². The standard InChI is InChI=1S/C19H22O3/c1-22-15-9-3-7-14-16(15)17(20)18-10-4-8-12(18)11-5-2-6-13(11)19(14,18)21/h3,7,9,11-13,21H,2,4-6,8,10H2,1H3/t11-,12-,13-,18+,19+/m1/s1. The smallest absolute Gasteiger partial charge is 0.176 e. The Balaban J connectivity index is 1.83. The largest absolute Gasteiger partial charge is 0.496 e. The second-order valence-corrected chi connectivity index (χ2v) is 7.65. The molecule has 1 aromatic rings. The number of benzene rings is 1. The van der Waals surface area contributed by atoms with Crippen LogP contribution in [0.4, 0.5) is 0 Å². The molecule has 5 rings (SSSR count). The third kappa shape index (κ3) is 1.10. The Bertz CT molecular complexity index is 681. The van der Waals surface area contributed by atoms with Crippen molar-refractivity contribution in [1.82, 2.24) is 0 Å². The fourth-order valence-electron chi connectivity index (χ4n) is 6.78. The van der Waals surface area contributed by atoms with Crippen LogP contribution in [0.1, 0.15) is 54.4 Å². The van der Waals surface area contributed by atoms with Crippen molar-refractivity contribution < 1.29 is 14.6 Å². The number of carbonyl (C=O) groups excluding carboxylic acids is 1. The van der Waals surface area contributed by atoms with Crippen LogP contribution in [0.3, 0.4) is 0 Å². The van der Waals surface area contributed by atoms with Crippen molar-refractivity contribution >= 4 is 5.78 Å². The number of fused-ring (bicyclic) bond motifs is 5. The van der Waals surface area contributed by atoms with Crippen molar-refractivity contribution in [1.29, 1.82) is 0 Å². The van der Waals surface area contributed by atoms with E-state index >= 15 is 0 Å². The van der Waals surface area contributed by atoms with E-state index in [0.717, 1.165) is 31.2 Å². The molecule has 5 atom stereocenters. The summed E-state index contributed by atoms with van der Waals surface area (Å²) in [5.41, 5.74) is 0.0265. The summed E-state index contributed by atoms with van der Waals surface area (Å²) in [6.07, 6.45) is 6.45. The first-order chi connectivity index (χ1) is 10.7. The van der Waals surface area contributed by atoms with E-state index in [1.165, 1.54) is 12.8 Å². The highest BCUT2D eigenvalue weighted by atomic mass is 16.5. The predicted molar refractivity (Wildman–Crippen MR) is 81.8 cm³/mol. The molecule has 0 aromatic heterocycles. The molecule has 1 spiro atoms. The molecule has 1 aromatic carbocycles. The maximum Gasteiger partial charge on any atom is 0.176 e. The van der Waals surface area contributed by atoms with Gasteiger partial charge in [0.2, 0.25) is 0 Å². The van der Waals surface area contributed by atoms with Crippen LogP contribution in [0.5, 0.6) is 5.75 Å². The number of Topliss-reactive ketones (excluding diaryl/α,β-unsaturated/α-hetero) is 1. The Morgan fingerprint density at radius 1 is 1.18 bits per heavy atom. The van der Waals surface area contributed by atoms with E-state index in [9.17, 15) is 9.90 Å². The van der Waals surface area contributed by atoms with Crippen molar-refractivity contribution in [2.24, 2.45) is 23.2 Å². The van der Waals surface area contributed by atoms with Gasteiger partial charge < -0.3 is 9.84 Å². The molecule has 4 aliphatic rings. The van der Waals surface area contributed by atoms with Crippen molar-refractivity contribution in [2.75, 3.05) is 7.11 Å². The lowest BCUT2D eigenvalue weighted by atomic mass is 9.68. The first-order valence-corrected chi connectivity index (χ1v) is 8.61. The van der Waals surface area contributed by atoms with Gasteiger partial charge in [-0.2, -0.15) is 0 Å². The van der Waals surface area contributed by atoms with Gasteiger partial charge in [0.1, 0.15) is 11.4 Å². The van der Waals surface area contributed by atoms with Crippen molar-refractivity contribution in [3.63, 3.8) is 0 Å². The van der Waals surface area contributed by atoms with E-state index in [-0.39, 0.29) is 11.7 Å². The lowest BCUT2D eigenvalue weighted by molar-refractivity contribution is -0.0775. The number of hydrogen-bond donors (Lipinski definition) is 1. The van der Waals surface area contributed by atoms with E-state index in [1.54, 1.807) is 7.11 Å². The Labute approximate surface area is 130 Å². The van der Waals surface area contributed by atoms with E-state index in [2.05, 4.69) is 0 Å². The highest BCUT2D eigenvalue weighted by Gasteiger charge is 2.77. The summed E-state index contributed by atoms with van der Waals surface area (Å²) < 4.78 is 5.46. The van der Waals surface area contributed by atoms with Gasteiger partial charge in [-0.05, 0) is 55.1 Å². The predicted octanol–water partition coefficient (Wildman–Crippen LogP) is 3.30. The SMILES string of the molecule is COc1cccc2c1C(=O)[C@]13CCC[C@@H]1[C@H]1CCC[C@H]1[C@]23O. The van der Waals surface area contributed by atoms with Gasteiger partial charge in [-0.15, -0.1) is 0 Å². The van der Waals surface area contributed by atoms with Gasteiger partial charge in [-0.1, -0.05) is 25.0 Å². The highest BCUT2D eigenvalue weighted by Crippen LogP contribution is 2.75. The molecule has 0 bridgehead atoms. The summed E-state index contributed by atoms with van der Waals surface area (Å²) in [6.45, 7) is 0. The van der Waals surface area contributed by atoms with Crippen LogP contribution in [0.2, 0.25) is 0 Å². The maximum absolute atomic E-state index is 13.5. The number of aliphatic hydroxyl groups is 1. The van der Waals surface area contributed by atoms with Crippen molar-refractivity contribution in [3.05, 3.63) is 29.3 Å². The van der Waals surface area contributed by atoms with Crippen LogP contribution in [0.25, 0.3) is 0 Å². The summed E-state index contributed by atoms with van der Waals surface area (Å²) in [6, 6.07) is 5.75. The number of methoxy groups -OCH3 is 1. The average molecular weight is 298 g/mol. The Hall–Kier alpha value is -1.35. The minimum absolute atomic E-state index is 0.166. The van der Waals surface area contributed by atoms with Crippen LogP contribution in [-0.4, -0.2) is 18.0 Å². The number of hydrogen-bond acceptors (Lipinski definition) is 3. The van der Waals surface area contributed by atoms with Gasteiger partial charge in [0.05, 0.1) is 18.1 Å². The fraction of sp³-hybridized carbons (Fsp3) is 0.632. The van der Waals surface area contributed by atoms with Gasteiger partial charge in [-0.25, -0.2) is 0 Å². The molecule has 3 fully saturated rings. The number of ketones is 1. The summed E-state index contributed by atoms with van der Waals surface area (Å²) in [4.78, 5) is 13.5. The molecule has 22 heavy (non-hydrogen) atoms. The number of ether oxygens (including phenoxy) is 1. The van der Waals surface area contributed by atoms with Gasteiger partial charge in [0, 0.05) is 0 Å². The second kappa shape index (κ2) is 3.94. The van der Waals surface area contributed by atoms with E-state index in [4.69, 9.17) is 4.74 Å². The molecular formula is C19H22O3. The molecule has 116 valence electrons. The summed E-state index contributed by atoms with van der Waals surface area (Å²) in [5.74, 6) is 1.97. The van der Waals surface area contributed by atoms with E-state index in [1.807, 2.05) is 18.2 Å². The minimum atomic E-state index is -0.948. The van der Waals surface area contributed by atoms with E-state index in [0.29, 0.717) is 23.1 Å². The van der Waals surface area contributed by atoms with E-state index < -0.39 is 11.0 Å². The van der Waals surface area contributed by atoms with Gasteiger partial charge in [0.15, 0.2) is 5.78 Å². The van der Waals surface area contributed by atoms with Crippen LogP contribution in [0.15, 0.2) is 18.2 Å². The lowest BCUT2D eigenvalue weighted by Gasteiger charge is -2.38. The van der Waals surface area contributed by atoms with Crippen molar-refractivity contribution in [2.45, 2.75) is 44.1 Å². The Morgan fingerprint density at radius 2 is 2.00 bits per heavy atom. The normalized spacial score (nSPS) is 44.6. The van der Waals surface area contributed by atoms with Crippen LogP contribution in [0, 0.1) is 23.2 Å². The molecule has 3 heteroatoms. The van der Waals surface area contributed by atoms with Gasteiger partial charge in [0.25, 0.3) is 0 Å². The zero-order valence-corrected chi connectivity index (χ0v) is 13.0. The molecule has 4 aliphatic carbocycles. The van der Waals surface area contributed by atoms with Crippen molar-refractivity contribution in [3.8, 4) is 5.75 Å². The number of rotatable bonds is 1. The molecule has 1 N–H and O–H groups in total. The van der Waals surface area contributed by atoms with Crippen LogP contribution >= 0.6 is 0 Å². The molecule has 0 saturated heterocycles. The monoisotopic (exact) mass is 298 g/mol. The molecule has 0 aliphatic heterocycles. The quantitative estimate of drug-likeness (QED) is 0.865. The summed E-state index contributed by atoms with van der Waals surface area (Å²) in [5, 5.41) is 11.9. The maximum atomic E-state index is 13.5. The number of carbonyl (C=O) groups is 1. The third-order valence-corrected chi connectivity index (χ3v) is 7.31. The minimum Gasteiger partial charge on any atom is -0.496 e. The summed E-state index contributed by atoms with van der Waals surface area (Å²) >= 11 is 0. The lowest BCUT2D eigenvalue weighted by Crippen LogP contribution is -2.45. The molecule has 0 amide bonds. The van der Waals surface area contributed by atoms with Crippen LogP contribution in [-0.2, 0) is 5.60 Å². The average Bonchev–Trinajstić information content (AvgIpc) is 3.24. The molecule has 0 heterocycles. The highest BCUT2D eigenvalue weighted by molar-refractivity contribution is 6.09. The summed E-state index contributed by atoms with van der Waals surface area (Å²) in [7, 11) is 1.61. The first-order valence-electron chi connectivity index (χ1n) is 8.61.